The molecular weight excluding hydrogens is 404 g/mol. The minimum Gasteiger partial charge on any atom is -0.497 e. The van der Waals surface area contributed by atoms with Crippen molar-refractivity contribution >= 4 is 17.4 Å². The molecule has 2 heterocycles. The van der Waals surface area contributed by atoms with E-state index in [2.05, 4.69) is 10.00 Å². The fraction of sp³-hybridized carbons (Fsp3) is 0.320. The zero-order valence-electron chi connectivity index (χ0n) is 18.7. The molecule has 0 atom stereocenters. The Hall–Kier alpha value is -3.61. The van der Waals surface area contributed by atoms with E-state index >= 15 is 0 Å². The smallest absolute Gasteiger partial charge is 0.295 e. The Bertz CT molecular complexity index is 1110. The molecule has 0 bridgehead atoms. The van der Waals surface area contributed by atoms with Crippen molar-refractivity contribution in [2.45, 2.75) is 20.3 Å². The first-order valence-electron chi connectivity index (χ1n) is 10.8. The van der Waals surface area contributed by atoms with E-state index in [4.69, 9.17) is 4.74 Å². The van der Waals surface area contributed by atoms with Gasteiger partial charge in [-0.15, -0.1) is 0 Å². The van der Waals surface area contributed by atoms with E-state index in [0.29, 0.717) is 36.6 Å². The van der Waals surface area contributed by atoms with Crippen LogP contribution in [0.25, 0.3) is 5.69 Å². The highest BCUT2D eigenvalue weighted by molar-refractivity contribution is 6.43. The second-order valence-corrected chi connectivity index (χ2v) is 7.95. The van der Waals surface area contributed by atoms with Crippen molar-refractivity contribution in [2.75, 3.05) is 38.2 Å². The summed E-state index contributed by atoms with van der Waals surface area (Å²) in [6, 6.07) is 17.5. The van der Waals surface area contributed by atoms with E-state index in [1.165, 1.54) is 0 Å². The molecule has 1 saturated heterocycles. The van der Waals surface area contributed by atoms with Crippen molar-refractivity contribution in [3.8, 4) is 11.4 Å². The van der Waals surface area contributed by atoms with Gasteiger partial charge in [-0.25, -0.2) is 4.68 Å². The maximum absolute atomic E-state index is 13.2. The van der Waals surface area contributed by atoms with Gasteiger partial charge >= 0.3 is 0 Å². The van der Waals surface area contributed by atoms with Crippen LogP contribution in [0.4, 0.5) is 5.69 Å². The van der Waals surface area contributed by atoms with Gasteiger partial charge in [0.2, 0.25) is 0 Å². The van der Waals surface area contributed by atoms with Gasteiger partial charge in [-0.1, -0.05) is 18.2 Å². The zero-order chi connectivity index (χ0) is 22.7. The molecule has 3 aromatic rings. The molecule has 0 radical (unpaired) electrons. The minimum atomic E-state index is -0.486. The lowest BCUT2D eigenvalue weighted by atomic mass is 10.1. The second-order valence-electron chi connectivity index (χ2n) is 7.95. The monoisotopic (exact) mass is 432 g/mol. The summed E-state index contributed by atoms with van der Waals surface area (Å²) >= 11 is 0. The molecule has 1 aliphatic heterocycles. The molecule has 7 nitrogen and oxygen atoms in total. The van der Waals surface area contributed by atoms with Crippen LogP contribution < -0.4 is 9.64 Å². The van der Waals surface area contributed by atoms with Crippen molar-refractivity contribution in [1.29, 1.82) is 0 Å². The Labute approximate surface area is 188 Å². The number of hydrogen-bond donors (Lipinski definition) is 0. The average molecular weight is 433 g/mol. The van der Waals surface area contributed by atoms with Crippen molar-refractivity contribution in [2.24, 2.45) is 0 Å². The first kappa shape index (κ1) is 21.6. The number of carbonyl (C=O) groups excluding carboxylic acids is 2. The van der Waals surface area contributed by atoms with Crippen LogP contribution in [0, 0.1) is 13.8 Å². The van der Waals surface area contributed by atoms with Gasteiger partial charge in [0.15, 0.2) is 0 Å². The first-order chi connectivity index (χ1) is 15.5. The van der Waals surface area contributed by atoms with Gasteiger partial charge in [0, 0.05) is 31.9 Å². The number of aromatic nitrogens is 2. The maximum atomic E-state index is 13.2. The van der Waals surface area contributed by atoms with Crippen molar-refractivity contribution in [1.82, 2.24) is 14.7 Å². The molecule has 0 spiro atoms. The van der Waals surface area contributed by atoms with Crippen molar-refractivity contribution < 1.29 is 14.3 Å². The number of hydrogen-bond acceptors (Lipinski definition) is 5. The third kappa shape index (κ3) is 4.23. The largest absolute Gasteiger partial charge is 0.497 e. The molecule has 166 valence electrons. The lowest BCUT2D eigenvalue weighted by Crippen LogP contribution is -2.39. The number of rotatable bonds is 5. The molecule has 1 aromatic heterocycles. The average Bonchev–Trinajstić information content (AvgIpc) is 2.98. The van der Waals surface area contributed by atoms with E-state index in [1.54, 1.807) is 23.6 Å². The summed E-state index contributed by atoms with van der Waals surface area (Å²) < 4.78 is 6.96. The Morgan fingerprint density at radius 3 is 2.28 bits per heavy atom. The molecule has 1 amide bonds. The number of para-hydroxylation sites is 1. The number of benzene rings is 2. The number of Topliss-reactive ketones (excluding diaryl/α,β-unsaturated/α-hetero) is 1. The van der Waals surface area contributed by atoms with Gasteiger partial charge in [-0.2, -0.15) is 5.10 Å². The Morgan fingerprint density at radius 2 is 1.59 bits per heavy atom. The predicted molar refractivity (Wildman–Crippen MR) is 124 cm³/mol. The summed E-state index contributed by atoms with van der Waals surface area (Å²) in [4.78, 5) is 30.2. The molecule has 1 aliphatic rings. The fourth-order valence-electron chi connectivity index (χ4n) is 4.21. The van der Waals surface area contributed by atoms with Gasteiger partial charge in [0.1, 0.15) is 5.75 Å². The lowest BCUT2D eigenvalue weighted by molar-refractivity contribution is -0.126. The standard InChI is InChI=1S/C25H28N4O3/c1-18-23(19(2)29(26-18)21-8-5-4-6-9-21)24(30)25(31)28-15-7-14-27(16-17-28)20-10-12-22(32-3)13-11-20/h4-6,8-13H,7,14-17H2,1-3H3. The van der Waals surface area contributed by atoms with Crippen molar-refractivity contribution in [3.05, 3.63) is 71.5 Å². The molecule has 0 unspecified atom stereocenters. The normalized spacial score (nSPS) is 14.2. The third-order valence-corrected chi connectivity index (χ3v) is 5.93. The molecule has 2 aromatic carbocycles. The van der Waals surface area contributed by atoms with E-state index in [1.807, 2.05) is 61.5 Å². The number of ether oxygens (including phenoxy) is 1. The highest BCUT2D eigenvalue weighted by atomic mass is 16.5. The van der Waals surface area contributed by atoms with Gasteiger partial charge in [-0.05, 0) is 56.7 Å². The molecule has 0 aliphatic carbocycles. The van der Waals surface area contributed by atoms with Gasteiger partial charge < -0.3 is 14.5 Å². The van der Waals surface area contributed by atoms with E-state index in [-0.39, 0.29) is 0 Å². The molecular formula is C25H28N4O3. The van der Waals surface area contributed by atoms with Crippen LogP contribution in [0.3, 0.4) is 0 Å². The van der Waals surface area contributed by atoms with Gasteiger partial charge in [0.05, 0.1) is 29.7 Å². The minimum absolute atomic E-state index is 0.398. The van der Waals surface area contributed by atoms with Gasteiger partial charge in [-0.3, -0.25) is 9.59 Å². The summed E-state index contributed by atoms with van der Waals surface area (Å²) in [7, 11) is 1.65. The molecule has 0 N–H and O–H groups in total. The Kier molecular flexibility index (Phi) is 6.25. The summed E-state index contributed by atoms with van der Waals surface area (Å²) in [5.41, 5.74) is 3.60. The van der Waals surface area contributed by atoms with Crippen LogP contribution in [0.1, 0.15) is 28.2 Å². The first-order valence-corrected chi connectivity index (χ1v) is 10.8. The van der Waals surface area contributed by atoms with Gasteiger partial charge in [0.25, 0.3) is 11.7 Å². The number of methoxy groups -OCH3 is 1. The molecule has 32 heavy (non-hydrogen) atoms. The van der Waals surface area contributed by atoms with E-state index in [0.717, 1.165) is 30.1 Å². The summed E-state index contributed by atoms with van der Waals surface area (Å²) in [5.74, 6) is -0.131. The topological polar surface area (TPSA) is 67.7 Å². The number of ketones is 1. The summed E-state index contributed by atoms with van der Waals surface area (Å²) in [6.07, 6.45) is 0.798. The summed E-state index contributed by atoms with van der Waals surface area (Å²) in [5, 5.41) is 4.52. The zero-order valence-corrected chi connectivity index (χ0v) is 18.7. The van der Waals surface area contributed by atoms with Crippen LogP contribution >= 0.6 is 0 Å². The summed E-state index contributed by atoms with van der Waals surface area (Å²) in [6.45, 7) is 6.17. The third-order valence-electron chi connectivity index (χ3n) is 5.93. The van der Waals surface area contributed by atoms with E-state index in [9.17, 15) is 9.59 Å². The number of aryl methyl sites for hydroxylation is 1. The molecule has 1 fully saturated rings. The highest BCUT2D eigenvalue weighted by Crippen LogP contribution is 2.22. The quantitative estimate of drug-likeness (QED) is 0.457. The number of nitrogens with zero attached hydrogens (tertiary/aromatic N) is 4. The highest BCUT2D eigenvalue weighted by Gasteiger charge is 2.30. The van der Waals surface area contributed by atoms with Crippen molar-refractivity contribution in [3.63, 3.8) is 0 Å². The lowest BCUT2D eigenvalue weighted by Gasteiger charge is -2.23. The number of amides is 1. The molecule has 7 heteroatoms. The van der Waals surface area contributed by atoms with Crippen LogP contribution in [0.2, 0.25) is 0 Å². The second kappa shape index (κ2) is 9.26. The van der Waals surface area contributed by atoms with Crippen LogP contribution in [-0.2, 0) is 4.79 Å². The predicted octanol–water partition coefficient (Wildman–Crippen LogP) is 3.42. The van der Waals surface area contributed by atoms with Crippen LogP contribution in [-0.4, -0.2) is 59.7 Å². The maximum Gasteiger partial charge on any atom is 0.295 e. The van der Waals surface area contributed by atoms with Crippen LogP contribution in [0.15, 0.2) is 54.6 Å². The Morgan fingerprint density at radius 1 is 0.875 bits per heavy atom. The van der Waals surface area contributed by atoms with E-state index < -0.39 is 11.7 Å². The van der Waals surface area contributed by atoms with Crippen LogP contribution in [0.5, 0.6) is 5.75 Å². The SMILES string of the molecule is COc1ccc(N2CCCN(C(=O)C(=O)c3c(C)nn(-c4ccccc4)c3C)CC2)cc1. The molecule has 4 rings (SSSR count). The number of carbonyl (C=O) groups is 2. The Balaban J connectivity index is 1.49. The molecule has 0 saturated carbocycles. The number of anilines is 1. The fourth-order valence-corrected chi connectivity index (χ4v) is 4.21.